The second kappa shape index (κ2) is 2.73. The average Bonchev–Trinajstić information content (AvgIpc) is 2.61. The van der Waals surface area contributed by atoms with Gasteiger partial charge >= 0.3 is 0 Å². The van der Waals surface area contributed by atoms with Crippen LogP contribution in [0.25, 0.3) is 0 Å². The van der Waals surface area contributed by atoms with Crippen molar-refractivity contribution in [3.05, 3.63) is 0 Å². The predicted molar refractivity (Wildman–Crippen MR) is 56.8 cm³/mol. The molecule has 0 bridgehead atoms. The van der Waals surface area contributed by atoms with Gasteiger partial charge in [0.25, 0.3) is 0 Å². The molecule has 0 aromatic rings. The summed E-state index contributed by atoms with van der Waals surface area (Å²) in [7, 11) is 0. The Kier molecular flexibility index (Phi) is 1.99. The van der Waals surface area contributed by atoms with Crippen LogP contribution in [0, 0.1) is 10.8 Å². The van der Waals surface area contributed by atoms with Gasteiger partial charge in [-0.3, -0.25) is 4.90 Å². The number of nitrogens with zero attached hydrogens (tertiary/aromatic N) is 1. The first-order chi connectivity index (χ1) is 5.99. The minimum Gasteiger partial charge on any atom is -0.300 e. The van der Waals surface area contributed by atoms with Crippen LogP contribution in [-0.2, 0) is 0 Å². The molecule has 1 saturated heterocycles. The summed E-state index contributed by atoms with van der Waals surface area (Å²) in [6, 6.07) is 0.852. The van der Waals surface area contributed by atoms with E-state index in [4.69, 9.17) is 0 Å². The fourth-order valence-corrected chi connectivity index (χ4v) is 3.51. The van der Waals surface area contributed by atoms with Crippen LogP contribution in [0.5, 0.6) is 0 Å². The van der Waals surface area contributed by atoms with E-state index in [0.717, 1.165) is 11.5 Å². The Morgan fingerprint density at radius 1 is 1.23 bits per heavy atom. The Balaban J connectivity index is 2.19. The van der Waals surface area contributed by atoms with E-state index < -0.39 is 0 Å². The Bertz CT molecular complexity index is 198. The monoisotopic (exact) mass is 181 g/mol. The predicted octanol–water partition coefficient (Wildman–Crippen LogP) is 2.91. The molecule has 2 aliphatic rings. The summed E-state index contributed by atoms with van der Waals surface area (Å²) in [5, 5.41) is 0. The van der Waals surface area contributed by atoms with E-state index in [-0.39, 0.29) is 0 Å². The largest absolute Gasteiger partial charge is 0.300 e. The Morgan fingerprint density at radius 3 is 2.23 bits per heavy atom. The van der Waals surface area contributed by atoms with Crippen molar-refractivity contribution in [2.45, 2.75) is 53.0 Å². The highest BCUT2D eigenvalue weighted by atomic mass is 15.2. The first-order valence-corrected chi connectivity index (χ1v) is 5.74. The minimum atomic E-state index is 0.475. The standard InChI is InChI=1S/C12H23N/c1-5-13-9-8-12(6-7-12)10(13)11(2,3)4/h10H,5-9H2,1-4H3. The molecule has 1 aliphatic carbocycles. The second-order valence-electron chi connectivity index (χ2n) is 6.01. The molecular weight excluding hydrogens is 158 g/mol. The summed E-state index contributed by atoms with van der Waals surface area (Å²) in [5.74, 6) is 0. The number of hydrogen-bond acceptors (Lipinski definition) is 1. The van der Waals surface area contributed by atoms with Gasteiger partial charge in [0.2, 0.25) is 0 Å². The summed E-state index contributed by atoms with van der Waals surface area (Å²) < 4.78 is 0. The Hall–Kier alpha value is -0.0400. The SMILES string of the molecule is CCN1CCC2(CC2)C1C(C)(C)C. The highest BCUT2D eigenvalue weighted by molar-refractivity contribution is 5.11. The van der Waals surface area contributed by atoms with Crippen molar-refractivity contribution < 1.29 is 0 Å². The van der Waals surface area contributed by atoms with Crippen molar-refractivity contribution in [2.24, 2.45) is 10.8 Å². The topological polar surface area (TPSA) is 3.24 Å². The van der Waals surface area contributed by atoms with Crippen LogP contribution >= 0.6 is 0 Å². The lowest BCUT2D eigenvalue weighted by atomic mass is 9.77. The van der Waals surface area contributed by atoms with Gasteiger partial charge in [0.05, 0.1) is 0 Å². The van der Waals surface area contributed by atoms with E-state index in [9.17, 15) is 0 Å². The van der Waals surface area contributed by atoms with Gasteiger partial charge in [-0.1, -0.05) is 27.7 Å². The molecule has 0 N–H and O–H groups in total. The second-order valence-corrected chi connectivity index (χ2v) is 6.01. The molecule has 0 aromatic heterocycles. The maximum absolute atomic E-state index is 2.70. The lowest BCUT2D eigenvalue weighted by molar-refractivity contribution is 0.107. The zero-order valence-electron chi connectivity index (χ0n) is 9.56. The van der Waals surface area contributed by atoms with Gasteiger partial charge in [-0.25, -0.2) is 0 Å². The van der Waals surface area contributed by atoms with E-state index in [1.165, 1.54) is 32.4 Å². The number of hydrogen-bond donors (Lipinski definition) is 0. The lowest BCUT2D eigenvalue weighted by Gasteiger charge is -2.38. The first-order valence-electron chi connectivity index (χ1n) is 5.74. The Labute approximate surface area is 82.5 Å². The van der Waals surface area contributed by atoms with Gasteiger partial charge in [-0.2, -0.15) is 0 Å². The molecule has 1 heteroatoms. The first kappa shape index (κ1) is 9.51. The van der Waals surface area contributed by atoms with Crippen molar-refractivity contribution in [2.75, 3.05) is 13.1 Å². The van der Waals surface area contributed by atoms with Crippen molar-refractivity contribution in [1.29, 1.82) is 0 Å². The quantitative estimate of drug-likeness (QED) is 0.601. The van der Waals surface area contributed by atoms with E-state index in [1.54, 1.807) is 0 Å². The highest BCUT2D eigenvalue weighted by Crippen LogP contribution is 2.60. The van der Waals surface area contributed by atoms with E-state index in [0.29, 0.717) is 5.41 Å². The van der Waals surface area contributed by atoms with Crippen molar-refractivity contribution in [3.63, 3.8) is 0 Å². The molecule has 76 valence electrons. The number of likely N-dealkylation sites (tertiary alicyclic amines) is 1. The molecule has 1 heterocycles. The van der Waals surface area contributed by atoms with Gasteiger partial charge in [0, 0.05) is 6.04 Å². The molecular formula is C12H23N. The molecule has 1 atom stereocenters. The zero-order valence-corrected chi connectivity index (χ0v) is 9.56. The molecule has 2 rings (SSSR count). The maximum Gasteiger partial charge on any atom is 0.0200 e. The van der Waals surface area contributed by atoms with E-state index in [2.05, 4.69) is 32.6 Å². The van der Waals surface area contributed by atoms with Crippen molar-refractivity contribution in [3.8, 4) is 0 Å². The van der Waals surface area contributed by atoms with Gasteiger partial charge < -0.3 is 0 Å². The summed E-state index contributed by atoms with van der Waals surface area (Å²) in [6.45, 7) is 12.1. The molecule has 1 nitrogen and oxygen atoms in total. The van der Waals surface area contributed by atoms with Gasteiger partial charge in [-0.05, 0) is 43.2 Å². The molecule has 1 unspecified atom stereocenters. The highest BCUT2D eigenvalue weighted by Gasteiger charge is 2.58. The summed E-state index contributed by atoms with van der Waals surface area (Å²) >= 11 is 0. The van der Waals surface area contributed by atoms with Gasteiger partial charge in [0.1, 0.15) is 0 Å². The molecule has 0 amide bonds. The van der Waals surface area contributed by atoms with Gasteiger partial charge in [0.15, 0.2) is 0 Å². The van der Waals surface area contributed by atoms with Crippen LogP contribution in [0.2, 0.25) is 0 Å². The molecule has 1 aliphatic heterocycles. The fourth-order valence-electron chi connectivity index (χ4n) is 3.51. The molecule has 0 radical (unpaired) electrons. The van der Waals surface area contributed by atoms with Crippen LogP contribution in [0.3, 0.4) is 0 Å². The van der Waals surface area contributed by atoms with Crippen LogP contribution in [0.1, 0.15) is 47.0 Å². The molecule has 13 heavy (non-hydrogen) atoms. The van der Waals surface area contributed by atoms with Gasteiger partial charge in [-0.15, -0.1) is 0 Å². The zero-order chi connectivity index (χ0) is 9.69. The molecule has 0 aromatic carbocycles. The minimum absolute atomic E-state index is 0.475. The van der Waals surface area contributed by atoms with E-state index >= 15 is 0 Å². The Morgan fingerprint density at radius 2 is 1.85 bits per heavy atom. The molecule has 1 spiro atoms. The summed E-state index contributed by atoms with van der Waals surface area (Å²) in [6.07, 6.45) is 4.44. The van der Waals surface area contributed by atoms with Crippen molar-refractivity contribution in [1.82, 2.24) is 4.90 Å². The summed E-state index contributed by atoms with van der Waals surface area (Å²) in [5.41, 5.74) is 1.22. The summed E-state index contributed by atoms with van der Waals surface area (Å²) in [4.78, 5) is 2.70. The molecule has 1 saturated carbocycles. The maximum atomic E-state index is 2.70. The van der Waals surface area contributed by atoms with Crippen LogP contribution in [0.4, 0.5) is 0 Å². The van der Waals surface area contributed by atoms with E-state index in [1.807, 2.05) is 0 Å². The number of rotatable bonds is 1. The van der Waals surface area contributed by atoms with Crippen LogP contribution in [0.15, 0.2) is 0 Å². The lowest BCUT2D eigenvalue weighted by Crippen LogP contribution is -2.43. The smallest absolute Gasteiger partial charge is 0.0200 e. The third-order valence-electron chi connectivity index (χ3n) is 3.96. The third kappa shape index (κ3) is 1.41. The van der Waals surface area contributed by atoms with Crippen LogP contribution < -0.4 is 0 Å². The normalized spacial score (nSPS) is 32.8. The van der Waals surface area contributed by atoms with Crippen molar-refractivity contribution >= 4 is 0 Å². The fraction of sp³-hybridized carbons (Fsp3) is 1.00. The molecule has 2 fully saturated rings. The van der Waals surface area contributed by atoms with Crippen LogP contribution in [-0.4, -0.2) is 24.0 Å². The average molecular weight is 181 g/mol. The third-order valence-corrected chi connectivity index (χ3v) is 3.96.